The number of likely N-dealkylation sites (tertiary alicyclic amines) is 1. The Morgan fingerprint density at radius 2 is 1.77 bits per heavy atom. The van der Waals surface area contributed by atoms with E-state index >= 15 is 0 Å². The van der Waals surface area contributed by atoms with Crippen molar-refractivity contribution in [2.24, 2.45) is 0 Å². The van der Waals surface area contributed by atoms with E-state index in [4.69, 9.17) is 9.47 Å². The molecule has 1 amide bonds. The first-order valence-electron chi connectivity index (χ1n) is 10.5. The van der Waals surface area contributed by atoms with Crippen molar-refractivity contribution in [1.82, 2.24) is 9.88 Å². The first-order chi connectivity index (χ1) is 15.1. The molecule has 7 nitrogen and oxygen atoms in total. The zero-order chi connectivity index (χ0) is 22.2. The lowest BCUT2D eigenvalue weighted by atomic mass is 9.96. The van der Waals surface area contributed by atoms with E-state index in [1.807, 2.05) is 0 Å². The first-order valence-corrected chi connectivity index (χ1v) is 10.5. The van der Waals surface area contributed by atoms with Crippen LogP contribution in [0.5, 0.6) is 5.75 Å². The summed E-state index contributed by atoms with van der Waals surface area (Å²) in [5, 5.41) is 11.0. The molecule has 164 valence electrons. The number of hydrogen-bond acceptors (Lipinski definition) is 6. The summed E-state index contributed by atoms with van der Waals surface area (Å²) in [6.45, 7) is 3.52. The van der Waals surface area contributed by atoms with Gasteiger partial charge in [-0.3, -0.25) is 14.6 Å². The number of carbonyl (C=O) groups is 2. The quantitative estimate of drug-likeness (QED) is 0.271. The number of carbonyl (C=O) groups excluding carboxylic acids is 2. The maximum atomic E-state index is 12.9. The molecule has 1 aromatic heterocycles. The molecule has 2 aromatic rings. The number of benzene rings is 1. The van der Waals surface area contributed by atoms with Crippen molar-refractivity contribution in [2.75, 3.05) is 26.9 Å². The van der Waals surface area contributed by atoms with Crippen LogP contribution < -0.4 is 4.74 Å². The van der Waals surface area contributed by atoms with Crippen LogP contribution in [0.4, 0.5) is 0 Å². The van der Waals surface area contributed by atoms with Gasteiger partial charge in [-0.25, -0.2) is 0 Å². The second kappa shape index (κ2) is 10.7. The highest BCUT2D eigenvalue weighted by molar-refractivity contribution is 6.46. The summed E-state index contributed by atoms with van der Waals surface area (Å²) >= 11 is 0. The Morgan fingerprint density at radius 3 is 2.42 bits per heavy atom. The minimum absolute atomic E-state index is 0.0771. The van der Waals surface area contributed by atoms with Gasteiger partial charge in [0, 0.05) is 38.2 Å². The van der Waals surface area contributed by atoms with Gasteiger partial charge in [0.2, 0.25) is 0 Å². The lowest BCUT2D eigenvalue weighted by Crippen LogP contribution is -2.31. The second-order valence-electron chi connectivity index (χ2n) is 7.35. The summed E-state index contributed by atoms with van der Waals surface area (Å²) in [5.74, 6) is -0.829. The zero-order valence-electron chi connectivity index (χ0n) is 17.9. The Labute approximate surface area is 182 Å². The number of aliphatic hydroxyl groups excluding tert-OH is 1. The Morgan fingerprint density at radius 1 is 1.06 bits per heavy atom. The van der Waals surface area contributed by atoms with E-state index in [-0.39, 0.29) is 11.3 Å². The number of methoxy groups -OCH3 is 1. The molecule has 0 aliphatic carbocycles. The normalized spacial score (nSPS) is 17.9. The first kappa shape index (κ1) is 22.5. The topological polar surface area (TPSA) is 89.0 Å². The molecule has 1 N–H and O–H groups in total. The third-order valence-corrected chi connectivity index (χ3v) is 5.20. The Bertz CT molecular complexity index is 925. The highest BCUT2D eigenvalue weighted by Gasteiger charge is 2.45. The van der Waals surface area contributed by atoms with E-state index in [2.05, 4.69) is 11.9 Å². The van der Waals surface area contributed by atoms with Gasteiger partial charge in [-0.05, 0) is 54.8 Å². The van der Waals surface area contributed by atoms with Gasteiger partial charge in [0.1, 0.15) is 11.5 Å². The largest absolute Gasteiger partial charge is 0.507 e. The summed E-state index contributed by atoms with van der Waals surface area (Å²) < 4.78 is 10.7. The lowest BCUT2D eigenvalue weighted by Gasteiger charge is -2.25. The van der Waals surface area contributed by atoms with Gasteiger partial charge in [0.05, 0.1) is 18.2 Å². The van der Waals surface area contributed by atoms with Crippen molar-refractivity contribution < 1.29 is 24.2 Å². The molecular weight excluding hydrogens is 396 g/mol. The third kappa shape index (κ3) is 5.11. The van der Waals surface area contributed by atoms with Gasteiger partial charge < -0.3 is 19.5 Å². The van der Waals surface area contributed by atoms with Crippen molar-refractivity contribution in [3.05, 3.63) is 65.5 Å². The second-order valence-corrected chi connectivity index (χ2v) is 7.35. The predicted octanol–water partition coefficient (Wildman–Crippen LogP) is 3.72. The van der Waals surface area contributed by atoms with E-state index in [0.29, 0.717) is 43.1 Å². The number of rotatable bonds is 10. The van der Waals surface area contributed by atoms with Crippen LogP contribution >= 0.6 is 0 Å². The standard InChI is InChI=1S/C24H28N2O5/c1-3-4-16-31-19-8-6-18(7-9-19)22(27)20-21(17-10-12-25-13-11-17)26(14-5-15-30-2)24(29)23(20)28/h6-13,21,27H,3-5,14-16H2,1-2H3/t21-/m0/s1. The molecule has 0 radical (unpaired) electrons. The van der Waals surface area contributed by atoms with E-state index < -0.39 is 17.7 Å². The molecule has 31 heavy (non-hydrogen) atoms. The molecule has 0 unspecified atom stereocenters. The lowest BCUT2D eigenvalue weighted by molar-refractivity contribution is -0.140. The van der Waals surface area contributed by atoms with Gasteiger partial charge in [-0.15, -0.1) is 0 Å². The number of ether oxygens (including phenoxy) is 2. The molecule has 1 saturated heterocycles. The van der Waals surface area contributed by atoms with Gasteiger partial charge in [-0.2, -0.15) is 0 Å². The minimum Gasteiger partial charge on any atom is -0.507 e. The van der Waals surface area contributed by atoms with Crippen LogP contribution in [0.1, 0.15) is 43.4 Å². The van der Waals surface area contributed by atoms with Crippen LogP contribution in [0.3, 0.4) is 0 Å². The van der Waals surface area contributed by atoms with Crippen LogP contribution in [0.25, 0.3) is 5.76 Å². The molecule has 1 aromatic carbocycles. The maximum Gasteiger partial charge on any atom is 0.295 e. The van der Waals surface area contributed by atoms with Gasteiger partial charge in [-0.1, -0.05) is 13.3 Å². The minimum atomic E-state index is -0.694. The number of amides is 1. The smallest absolute Gasteiger partial charge is 0.295 e. The zero-order valence-corrected chi connectivity index (χ0v) is 17.9. The molecular formula is C24H28N2O5. The number of hydrogen-bond donors (Lipinski definition) is 1. The molecule has 0 bridgehead atoms. The number of aromatic nitrogens is 1. The van der Waals surface area contributed by atoms with Crippen LogP contribution in [0.15, 0.2) is 54.4 Å². The molecule has 1 fully saturated rings. The summed E-state index contributed by atoms with van der Waals surface area (Å²) in [6.07, 6.45) is 5.79. The van der Waals surface area contributed by atoms with Crippen LogP contribution in [-0.4, -0.2) is 53.5 Å². The average Bonchev–Trinajstić information content (AvgIpc) is 3.05. The third-order valence-electron chi connectivity index (χ3n) is 5.20. The number of unbranched alkanes of at least 4 members (excludes halogenated alkanes) is 1. The van der Waals surface area contributed by atoms with Gasteiger partial charge in [0.25, 0.3) is 11.7 Å². The van der Waals surface area contributed by atoms with Crippen molar-refractivity contribution in [3.63, 3.8) is 0 Å². The molecule has 7 heteroatoms. The van der Waals surface area contributed by atoms with Crippen LogP contribution in [0.2, 0.25) is 0 Å². The fourth-order valence-electron chi connectivity index (χ4n) is 3.58. The van der Waals surface area contributed by atoms with E-state index in [1.165, 1.54) is 4.90 Å². The van der Waals surface area contributed by atoms with E-state index in [1.54, 1.807) is 55.9 Å². The number of nitrogens with zero attached hydrogens (tertiary/aromatic N) is 2. The number of Topliss-reactive ketones (excluding diaryl/α,β-unsaturated/α-hetero) is 1. The molecule has 0 spiro atoms. The summed E-state index contributed by atoms with van der Waals surface area (Å²) in [7, 11) is 1.59. The van der Waals surface area contributed by atoms with Gasteiger partial charge in [0.15, 0.2) is 0 Å². The summed E-state index contributed by atoms with van der Waals surface area (Å²) in [4.78, 5) is 31.2. The van der Waals surface area contributed by atoms with Crippen molar-refractivity contribution >= 4 is 17.4 Å². The number of pyridine rings is 1. The monoisotopic (exact) mass is 424 g/mol. The molecule has 1 atom stereocenters. The van der Waals surface area contributed by atoms with E-state index in [9.17, 15) is 14.7 Å². The van der Waals surface area contributed by atoms with Crippen molar-refractivity contribution in [1.29, 1.82) is 0 Å². The molecule has 1 aliphatic heterocycles. The van der Waals surface area contributed by atoms with Crippen molar-refractivity contribution in [2.45, 2.75) is 32.2 Å². The SMILES string of the molecule is CCCCOc1ccc(C(O)=C2C(=O)C(=O)N(CCCOC)[C@H]2c2ccncc2)cc1. The van der Waals surface area contributed by atoms with Gasteiger partial charge >= 0.3 is 0 Å². The average molecular weight is 424 g/mol. The molecule has 0 saturated carbocycles. The fraction of sp³-hybridized carbons (Fsp3) is 0.375. The predicted molar refractivity (Wildman–Crippen MR) is 117 cm³/mol. The Balaban J connectivity index is 1.96. The molecule has 3 rings (SSSR count). The van der Waals surface area contributed by atoms with E-state index in [0.717, 1.165) is 12.8 Å². The van der Waals surface area contributed by atoms with Crippen LogP contribution in [0, 0.1) is 0 Å². The van der Waals surface area contributed by atoms with Crippen LogP contribution in [-0.2, 0) is 14.3 Å². The fourth-order valence-corrected chi connectivity index (χ4v) is 3.58. The maximum absolute atomic E-state index is 12.9. The highest BCUT2D eigenvalue weighted by Crippen LogP contribution is 2.39. The van der Waals surface area contributed by atoms with Crippen molar-refractivity contribution in [3.8, 4) is 5.75 Å². The molecule has 1 aliphatic rings. The Hall–Kier alpha value is -3.19. The molecule has 2 heterocycles. The summed E-state index contributed by atoms with van der Waals surface area (Å²) in [5.41, 5.74) is 1.25. The summed E-state index contributed by atoms with van der Waals surface area (Å²) in [6, 6.07) is 9.70. The highest BCUT2D eigenvalue weighted by atomic mass is 16.5. The Kier molecular flexibility index (Phi) is 7.78. The number of aliphatic hydroxyl groups is 1. The number of ketones is 1.